The molecule has 1 saturated heterocycles. The zero-order valence-corrected chi connectivity index (χ0v) is 11.1. The number of carbonyl (C=O) groups excluding carboxylic acids is 1. The summed E-state index contributed by atoms with van der Waals surface area (Å²) < 4.78 is 5.31. The van der Waals surface area contributed by atoms with Crippen molar-refractivity contribution >= 4 is 5.91 Å². The first-order valence-electron chi connectivity index (χ1n) is 6.64. The fourth-order valence-corrected chi connectivity index (χ4v) is 2.15. The van der Waals surface area contributed by atoms with Gasteiger partial charge in [-0.1, -0.05) is 6.92 Å². The van der Waals surface area contributed by atoms with E-state index >= 15 is 0 Å². The van der Waals surface area contributed by atoms with Gasteiger partial charge in [-0.15, -0.1) is 0 Å². The van der Waals surface area contributed by atoms with Gasteiger partial charge in [0.15, 0.2) is 0 Å². The van der Waals surface area contributed by atoms with E-state index in [9.17, 15) is 4.79 Å². The van der Waals surface area contributed by atoms with Crippen LogP contribution in [0.2, 0.25) is 0 Å². The van der Waals surface area contributed by atoms with Crippen molar-refractivity contribution in [2.24, 2.45) is 11.7 Å². The average Bonchev–Trinajstić information content (AvgIpc) is 2.27. The first-order chi connectivity index (χ1) is 8.06. The van der Waals surface area contributed by atoms with Crippen molar-refractivity contribution in [2.45, 2.75) is 51.5 Å². The van der Waals surface area contributed by atoms with Gasteiger partial charge in [0.05, 0.1) is 0 Å². The highest BCUT2D eigenvalue weighted by Crippen LogP contribution is 2.20. The molecule has 1 amide bonds. The zero-order chi connectivity index (χ0) is 12.7. The third-order valence-electron chi connectivity index (χ3n) is 3.56. The third-order valence-corrected chi connectivity index (χ3v) is 3.56. The predicted molar refractivity (Wildman–Crippen MR) is 68.7 cm³/mol. The molecule has 4 heteroatoms. The Labute approximate surface area is 104 Å². The molecule has 4 nitrogen and oxygen atoms in total. The summed E-state index contributed by atoms with van der Waals surface area (Å²) in [5, 5.41) is 3.14. The Morgan fingerprint density at radius 2 is 2.06 bits per heavy atom. The van der Waals surface area contributed by atoms with Crippen molar-refractivity contribution in [3.63, 3.8) is 0 Å². The summed E-state index contributed by atoms with van der Waals surface area (Å²) in [6.45, 7) is 6.46. The smallest absolute Gasteiger partial charge is 0.220 e. The Hall–Kier alpha value is -0.610. The van der Waals surface area contributed by atoms with E-state index in [1.807, 2.05) is 0 Å². The fraction of sp³-hybridized carbons (Fsp3) is 0.923. The van der Waals surface area contributed by atoms with E-state index in [0.717, 1.165) is 38.9 Å². The number of hydrogen-bond donors (Lipinski definition) is 2. The van der Waals surface area contributed by atoms with Gasteiger partial charge in [-0.05, 0) is 45.1 Å². The summed E-state index contributed by atoms with van der Waals surface area (Å²) in [5.41, 5.74) is 5.43. The minimum atomic E-state index is -0.0631. The highest BCUT2D eigenvalue weighted by atomic mass is 16.5. The molecule has 1 aliphatic heterocycles. The zero-order valence-electron chi connectivity index (χ0n) is 11.1. The number of amides is 1. The van der Waals surface area contributed by atoms with Gasteiger partial charge < -0.3 is 15.8 Å². The number of nitrogens with one attached hydrogen (secondary N) is 1. The van der Waals surface area contributed by atoms with Gasteiger partial charge in [0.25, 0.3) is 0 Å². The Bertz CT molecular complexity index is 238. The molecule has 1 fully saturated rings. The summed E-state index contributed by atoms with van der Waals surface area (Å²) in [6.07, 6.45) is 4.36. The van der Waals surface area contributed by atoms with E-state index in [2.05, 4.69) is 19.2 Å². The summed E-state index contributed by atoms with van der Waals surface area (Å²) in [6, 6.07) is 0. The van der Waals surface area contributed by atoms with E-state index in [0.29, 0.717) is 18.9 Å². The molecule has 0 aromatic heterocycles. The molecule has 17 heavy (non-hydrogen) atoms. The van der Waals surface area contributed by atoms with Gasteiger partial charge in [0.2, 0.25) is 5.91 Å². The van der Waals surface area contributed by atoms with Gasteiger partial charge in [-0.3, -0.25) is 4.79 Å². The van der Waals surface area contributed by atoms with Crippen molar-refractivity contribution in [3.05, 3.63) is 0 Å². The van der Waals surface area contributed by atoms with Gasteiger partial charge in [-0.2, -0.15) is 0 Å². The lowest BCUT2D eigenvalue weighted by atomic mass is 9.92. The largest absolute Gasteiger partial charge is 0.381 e. The maximum absolute atomic E-state index is 11.8. The second kappa shape index (κ2) is 6.97. The lowest BCUT2D eigenvalue weighted by Crippen LogP contribution is -2.49. The monoisotopic (exact) mass is 242 g/mol. The number of hydrogen-bond acceptors (Lipinski definition) is 3. The van der Waals surface area contributed by atoms with Crippen LogP contribution in [-0.4, -0.2) is 31.2 Å². The maximum atomic E-state index is 11.8. The SMILES string of the molecule is CC(CCN)CCC(=O)NC1(C)CCOCC1. The first kappa shape index (κ1) is 14.5. The van der Waals surface area contributed by atoms with Crippen LogP contribution in [0.3, 0.4) is 0 Å². The number of rotatable bonds is 6. The molecule has 1 aliphatic rings. The summed E-state index contributed by atoms with van der Waals surface area (Å²) in [4.78, 5) is 11.8. The van der Waals surface area contributed by atoms with Crippen molar-refractivity contribution in [2.75, 3.05) is 19.8 Å². The number of carbonyl (C=O) groups is 1. The standard InChI is InChI=1S/C13H26N2O2/c1-11(5-8-14)3-4-12(16)15-13(2)6-9-17-10-7-13/h11H,3-10,14H2,1-2H3,(H,15,16). The Morgan fingerprint density at radius 1 is 1.41 bits per heavy atom. The second-order valence-corrected chi connectivity index (χ2v) is 5.44. The molecule has 0 aromatic carbocycles. The molecular formula is C13H26N2O2. The Morgan fingerprint density at radius 3 is 2.65 bits per heavy atom. The Balaban J connectivity index is 2.24. The van der Waals surface area contributed by atoms with Crippen molar-refractivity contribution in [1.29, 1.82) is 0 Å². The van der Waals surface area contributed by atoms with Crippen LogP contribution in [0.15, 0.2) is 0 Å². The topological polar surface area (TPSA) is 64.4 Å². The van der Waals surface area contributed by atoms with Crippen LogP contribution in [0, 0.1) is 5.92 Å². The van der Waals surface area contributed by atoms with Crippen LogP contribution >= 0.6 is 0 Å². The molecule has 0 aliphatic carbocycles. The van der Waals surface area contributed by atoms with E-state index in [1.54, 1.807) is 0 Å². The second-order valence-electron chi connectivity index (χ2n) is 5.44. The van der Waals surface area contributed by atoms with Gasteiger partial charge >= 0.3 is 0 Å². The lowest BCUT2D eigenvalue weighted by molar-refractivity contribution is -0.124. The minimum Gasteiger partial charge on any atom is -0.381 e. The summed E-state index contributed by atoms with van der Waals surface area (Å²) in [5.74, 6) is 0.700. The normalized spacial score (nSPS) is 20.9. The quantitative estimate of drug-likeness (QED) is 0.740. The van der Waals surface area contributed by atoms with E-state index in [-0.39, 0.29) is 11.4 Å². The molecule has 3 N–H and O–H groups in total. The molecule has 0 aromatic rings. The van der Waals surface area contributed by atoms with Crippen LogP contribution in [0.1, 0.15) is 46.0 Å². The Kier molecular flexibility index (Phi) is 5.92. The average molecular weight is 242 g/mol. The van der Waals surface area contributed by atoms with E-state index < -0.39 is 0 Å². The number of ether oxygens (including phenoxy) is 1. The molecule has 1 heterocycles. The molecule has 0 bridgehead atoms. The van der Waals surface area contributed by atoms with Crippen LogP contribution in [-0.2, 0) is 9.53 Å². The first-order valence-corrected chi connectivity index (χ1v) is 6.64. The van der Waals surface area contributed by atoms with Crippen molar-refractivity contribution in [3.8, 4) is 0 Å². The van der Waals surface area contributed by atoms with Crippen molar-refractivity contribution < 1.29 is 9.53 Å². The molecule has 0 saturated carbocycles. The molecule has 1 atom stereocenters. The molecule has 100 valence electrons. The lowest BCUT2D eigenvalue weighted by Gasteiger charge is -2.34. The van der Waals surface area contributed by atoms with Crippen LogP contribution in [0.5, 0.6) is 0 Å². The third kappa shape index (κ3) is 5.50. The van der Waals surface area contributed by atoms with Gasteiger partial charge in [0.1, 0.15) is 0 Å². The van der Waals surface area contributed by atoms with Crippen LogP contribution in [0.25, 0.3) is 0 Å². The number of nitrogens with two attached hydrogens (primary N) is 1. The van der Waals surface area contributed by atoms with Gasteiger partial charge in [0, 0.05) is 25.2 Å². The fourth-order valence-electron chi connectivity index (χ4n) is 2.15. The highest BCUT2D eigenvalue weighted by molar-refractivity contribution is 5.76. The highest BCUT2D eigenvalue weighted by Gasteiger charge is 2.28. The molecule has 1 rings (SSSR count). The maximum Gasteiger partial charge on any atom is 0.220 e. The van der Waals surface area contributed by atoms with E-state index in [4.69, 9.17) is 10.5 Å². The minimum absolute atomic E-state index is 0.0631. The molecule has 0 radical (unpaired) electrons. The van der Waals surface area contributed by atoms with E-state index in [1.165, 1.54) is 0 Å². The molecular weight excluding hydrogens is 216 g/mol. The van der Waals surface area contributed by atoms with Crippen LogP contribution < -0.4 is 11.1 Å². The summed E-state index contributed by atoms with van der Waals surface area (Å²) >= 11 is 0. The summed E-state index contributed by atoms with van der Waals surface area (Å²) in [7, 11) is 0. The van der Waals surface area contributed by atoms with Crippen LogP contribution in [0.4, 0.5) is 0 Å². The molecule has 1 unspecified atom stereocenters. The van der Waals surface area contributed by atoms with Gasteiger partial charge in [-0.25, -0.2) is 0 Å². The molecule has 0 spiro atoms. The van der Waals surface area contributed by atoms with Crippen molar-refractivity contribution in [1.82, 2.24) is 5.32 Å². The predicted octanol–water partition coefficient (Wildman–Crippen LogP) is 1.44.